The highest BCUT2D eigenvalue weighted by atomic mass is 16.3. The van der Waals surface area contributed by atoms with E-state index in [0.717, 1.165) is 24.0 Å². The predicted molar refractivity (Wildman–Crippen MR) is 86.7 cm³/mol. The van der Waals surface area contributed by atoms with Gasteiger partial charge < -0.3 is 15.7 Å². The first-order valence-corrected chi connectivity index (χ1v) is 7.94. The molecule has 1 heterocycles. The third kappa shape index (κ3) is 4.56. The SMILES string of the molecule is CCNc1cc(NC(CCO)C(C)(C)C)nc(C2CC2)n1. The minimum atomic E-state index is 0.0613. The highest BCUT2D eigenvalue weighted by molar-refractivity contribution is 5.49. The van der Waals surface area contributed by atoms with Crippen molar-refractivity contribution in [3.8, 4) is 0 Å². The van der Waals surface area contributed by atoms with E-state index in [1.165, 1.54) is 12.8 Å². The van der Waals surface area contributed by atoms with Crippen LogP contribution >= 0.6 is 0 Å². The number of hydrogen-bond acceptors (Lipinski definition) is 5. The summed E-state index contributed by atoms with van der Waals surface area (Å²) >= 11 is 0. The molecule has 1 saturated carbocycles. The molecule has 5 nitrogen and oxygen atoms in total. The van der Waals surface area contributed by atoms with Gasteiger partial charge in [-0.25, -0.2) is 9.97 Å². The standard InChI is InChI=1S/C16H28N4O/c1-5-17-13-10-14(20-15(19-13)11-6-7-11)18-12(8-9-21)16(2,3)4/h10-12,21H,5-9H2,1-4H3,(H2,17,18,19,20). The number of aliphatic hydroxyl groups is 1. The summed E-state index contributed by atoms with van der Waals surface area (Å²) in [5.74, 6) is 3.20. The number of rotatable bonds is 7. The topological polar surface area (TPSA) is 70.1 Å². The molecule has 0 saturated heterocycles. The van der Waals surface area contributed by atoms with Gasteiger partial charge in [0.25, 0.3) is 0 Å². The first kappa shape index (κ1) is 16.0. The minimum Gasteiger partial charge on any atom is -0.396 e. The average molecular weight is 292 g/mol. The summed E-state index contributed by atoms with van der Waals surface area (Å²) in [6.07, 6.45) is 3.09. The van der Waals surface area contributed by atoms with Gasteiger partial charge >= 0.3 is 0 Å². The molecule has 3 N–H and O–H groups in total. The molecule has 0 bridgehead atoms. The van der Waals surface area contributed by atoms with Crippen LogP contribution in [0.15, 0.2) is 6.07 Å². The molecular weight excluding hydrogens is 264 g/mol. The van der Waals surface area contributed by atoms with Gasteiger partial charge in [-0.15, -0.1) is 0 Å². The van der Waals surface area contributed by atoms with Crippen LogP contribution in [-0.4, -0.2) is 34.3 Å². The van der Waals surface area contributed by atoms with Gasteiger partial charge in [0.2, 0.25) is 0 Å². The van der Waals surface area contributed by atoms with E-state index in [1.807, 2.05) is 6.07 Å². The van der Waals surface area contributed by atoms with Gasteiger partial charge in [-0.2, -0.15) is 0 Å². The maximum Gasteiger partial charge on any atom is 0.136 e. The Bertz CT molecular complexity index is 466. The highest BCUT2D eigenvalue weighted by Crippen LogP contribution is 2.39. The summed E-state index contributed by atoms with van der Waals surface area (Å²) < 4.78 is 0. The van der Waals surface area contributed by atoms with Crippen molar-refractivity contribution in [1.29, 1.82) is 0 Å². The molecule has 1 atom stereocenters. The monoisotopic (exact) mass is 292 g/mol. The molecule has 1 fully saturated rings. The lowest BCUT2D eigenvalue weighted by molar-refractivity contribution is 0.235. The molecule has 1 unspecified atom stereocenters. The molecule has 0 spiro atoms. The van der Waals surface area contributed by atoms with E-state index >= 15 is 0 Å². The van der Waals surface area contributed by atoms with Crippen molar-refractivity contribution in [2.45, 2.75) is 58.9 Å². The fourth-order valence-electron chi connectivity index (χ4n) is 2.36. The van der Waals surface area contributed by atoms with Crippen LogP contribution in [0.2, 0.25) is 0 Å². The number of aliphatic hydroxyl groups excluding tert-OH is 1. The molecule has 1 aromatic rings. The Morgan fingerprint density at radius 1 is 1.29 bits per heavy atom. The van der Waals surface area contributed by atoms with Crippen molar-refractivity contribution in [2.24, 2.45) is 5.41 Å². The van der Waals surface area contributed by atoms with Gasteiger partial charge in [-0.05, 0) is 31.6 Å². The van der Waals surface area contributed by atoms with Gasteiger partial charge in [0.1, 0.15) is 17.5 Å². The van der Waals surface area contributed by atoms with Gasteiger partial charge in [-0.3, -0.25) is 0 Å². The van der Waals surface area contributed by atoms with E-state index in [0.29, 0.717) is 12.3 Å². The fraction of sp³-hybridized carbons (Fsp3) is 0.750. The molecule has 21 heavy (non-hydrogen) atoms. The zero-order chi connectivity index (χ0) is 15.5. The van der Waals surface area contributed by atoms with E-state index in [9.17, 15) is 5.11 Å². The number of nitrogens with zero attached hydrogens (tertiary/aromatic N) is 2. The molecule has 2 rings (SSSR count). The van der Waals surface area contributed by atoms with Gasteiger partial charge in [0.15, 0.2) is 0 Å². The van der Waals surface area contributed by atoms with E-state index in [4.69, 9.17) is 0 Å². The third-order valence-corrected chi connectivity index (χ3v) is 3.83. The lowest BCUT2D eigenvalue weighted by Crippen LogP contribution is -2.35. The molecule has 1 aliphatic carbocycles. The van der Waals surface area contributed by atoms with Crippen molar-refractivity contribution in [1.82, 2.24) is 9.97 Å². The average Bonchev–Trinajstić information content (AvgIpc) is 3.21. The molecule has 0 aliphatic heterocycles. The van der Waals surface area contributed by atoms with Crippen LogP contribution in [0.4, 0.5) is 11.6 Å². The third-order valence-electron chi connectivity index (χ3n) is 3.83. The summed E-state index contributed by atoms with van der Waals surface area (Å²) in [7, 11) is 0. The van der Waals surface area contributed by atoms with Gasteiger partial charge in [0.05, 0.1) is 0 Å². The number of anilines is 2. The zero-order valence-electron chi connectivity index (χ0n) is 13.6. The molecule has 118 valence electrons. The van der Waals surface area contributed by atoms with Crippen molar-refractivity contribution >= 4 is 11.6 Å². The van der Waals surface area contributed by atoms with Crippen LogP contribution in [0.1, 0.15) is 58.7 Å². The Morgan fingerprint density at radius 2 is 1.95 bits per heavy atom. The second-order valence-corrected chi connectivity index (χ2v) is 6.88. The summed E-state index contributed by atoms with van der Waals surface area (Å²) in [6, 6.07) is 2.14. The normalized spacial score (nSPS) is 16.6. The fourth-order valence-corrected chi connectivity index (χ4v) is 2.36. The molecular formula is C16H28N4O. The molecule has 0 radical (unpaired) electrons. The van der Waals surface area contributed by atoms with Crippen LogP contribution < -0.4 is 10.6 Å². The van der Waals surface area contributed by atoms with Crippen molar-refractivity contribution < 1.29 is 5.11 Å². The number of hydrogen-bond donors (Lipinski definition) is 3. The van der Waals surface area contributed by atoms with Gasteiger partial charge in [0, 0.05) is 31.2 Å². The molecule has 1 aliphatic rings. The van der Waals surface area contributed by atoms with E-state index in [2.05, 4.69) is 48.3 Å². The number of aromatic nitrogens is 2. The Morgan fingerprint density at radius 3 is 2.48 bits per heavy atom. The maximum absolute atomic E-state index is 9.28. The summed E-state index contributed by atoms with van der Waals surface area (Å²) in [5, 5.41) is 16.0. The van der Waals surface area contributed by atoms with E-state index in [1.54, 1.807) is 0 Å². The van der Waals surface area contributed by atoms with Crippen molar-refractivity contribution in [3.63, 3.8) is 0 Å². The summed E-state index contributed by atoms with van der Waals surface area (Å²) in [5.41, 5.74) is 0.0613. The predicted octanol–water partition coefficient (Wildman–Crippen LogP) is 2.99. The van der Waals surface area contributed by atoms with Crippen molar-refractivity contribution in [2.75, 3.05) is 23.8 Å². The van der Waals surface area contributed by atoms with Gasteiger partial charge in [-0.1, -0.05) is 20.8 Å². The van der Waals surface area contributed by atoms with Crippen LogP contribution in [0.3, 0.4) is 0 Å². The lowest BCUT2D eigenvalue weighted by atomic mass is 9.85. The van der Waals surface area contributed by atoms with Crippen LogP contribution in [0.5, 0.6) is 0 Å². The maximum atomic E-state index is 9.28. The first-order chi connectivity index (χ1) is 9.94. The van der Waals surface area contributed by atoms with Crippen LogP contribution in [0, 0.1) is 5.41 Å². The minimum absolute atomic E-state index is 0.0613. The lowest BCUT2D eigenvalue weighted by Gasteiger charge is -2.31. The highest BCUT2D eigenvalue weighted by Gasteiger charge is 2.29. The van der Waals surface area contributed by atoms with Crippen LogP contribution in [-0.2, 0) is 0 Å². The molecule has 1 aromatic heterocycles. The second-order valence-electron chi connectivity index (χ2n) is 6.88. The van der Waals surface area contributed by atoms with Crippen LogP contribution in [0.25, 0.3) is 0 Å². The Hall–Kier alpha value is -1.36. The molecule has 5 heteroatoms. The smallest absolute Gasteiger partial charge is 0.136 e. The zero-order valence-corrected chi connectivity index (χ0v) is 13.6. The first-order valence-electron chi connectivity index (χ1n) is 7.94. The molecule has 0 amide bonds. The Balaban J connectivity index is 2.20. The largest absolute Gasteiger partial charge is 0.396 e. The quantitative estimate of drug-likeness (QED) is 0.720. The van der Waals surface area contributed by atoms with Crippen molar-refractivity contribution in [3.05, 3.63) is 11.9 Å². The van der Waals surface area contributed by atoms with E-state index in [-0.39, 0.29) is 18.1 Å². The number of nitrogens with one attached hydrogen (secondary N) is 2. The Labute approximate surface area is 127 Å². The second kappa shape index (κ2) is 6.60. The summed E-state index contributed by atoms with van der Waals surface area (Å²) in [4.78, 5) is 9.26. The van der Waals surface area contributed by atoms with E-state index < -0.39 is 0 Å². The molecule has 0 aromatic carbocycles. The summed E-state index contributed by atoms with van der Waals surface area (Å²) in [6.45, 7) is 9.61. The Kier molecular flexibility index (Phi) is 5.04.